The third-order valence-corrected chi connectivity index (χ3v) is 5.27. The highest BCUT2D eigenvalue weighted by Gasteiger charge is 2.31. The van der Waals surface area contributed by atoms with Crippen LogP contribution >= 0.6 is 0 Å². The lowest BCUT2D eigenvalue weighted by Gasteiger charge is -2.31. The van der Waals surface area contributed by atoms with Gasteiger partial charge in [0.25, 0.3) is 5.91 Å². The number of hydrogen-bond donors (Lipinski definition) is 2. The Kier molecular flexibility index (Phi) is 6.32. The lowest BCUT2D eigenvalue weighted by Crippen LogP contribution is -2.46. The molecule has 2 aromatic rings. The van der Waals surface area contributed by atoms with E-state index in [-0.39, 0.29) is 24.5 Å². The Balaban J connectivity index is 1.45. The lowest BCUT2D eigenvalue weighted by molar-refractivity contribution is -0.124. The molecule has 29 heavy (non-hydrogen) atoms. The molecule has 0 saturated heterocycles. The second kappa shape index (κ2) is 8.90. The van der Waals surface area contributed by atoms with Gasteiger partial charge in [0.1, 0.15) is 5.75 Å². The van der Waals surface area contributed by atoms with E-state index in [4.69, 9.17) is 4.74 Å². The third kappa shape index (κ3) is 5.22. The zero-order chi connectivity index (χ0) is 21.0. The molecule has 1 aliphatic rings. The maximum absolute atomic E-state index is 12.3. The van der Waals surface area contributed by atoms with E-state index in [0.29, 0.717) is 18.7 Å². The van der Waals surface area contributed by atoms with Crippen molar-refractivity contribution in [2.24, 2.45) is 0 Å². The number of ether oxygens (including phenoxy) is 1. The van der Waals surface area contributed by atoms with E-state index in [1.54, 1.807) is 6.20 Å². The van der Waals surface area contributed by atoms with Crippen molar-refractivity contribution >= 4 is 11.8 Å². The van der Waals surface area contributed by atoms with E-state index in [1.165, 1.54) is 5.56 Å². The van der Waals surface area contributed by atoms with Gasteiger partial charge in [-0.1, -0.05) is 12.1 Å². The summed E-state index contributed by atoms with van der Waals surface area (Å²) in [7, 11) is 0. The molecule has 1 aliphatic carbocycles. The van der Waals surface area contributed by atoms with E-state index in [9.17, 15) is 9.59 Å². The Morgan fingerprint density at radius 2 is 1.90 bits per heavy atom. The van der Waals surface area contributed by atoms with Gasteiger partial charge in [-0.25, -0.2) is 0 Å². The van der Waals surface area contributed by atoms with E-state index in [1.807, 2.05) is 58.0 Å². The number of nitrogens with one attached hydrogen (secondary N) is 2. The van der Waals surface area contributed by atoms with E-state index < -0.39 is 0 Å². The highest BCUT2D eigenvalue weighted by Crippen LogP contribution is 2.28. The molecule has 152 valence electrons. The predicted octanol–water partition coefficient (Wildman–Crippen LogP) is 2.91. The Morgan fingerprint density at radius 1 is 1.10 bits per heavy atom. The Labute approximate surface area is 171 Å². The molecule has 3 rings (SSSR count). The van der Waals surface area contributed by atoms with Crippen molar-refractivity contribution in [3.05, 3.63) is 70.1 Å². The van der Waals surface area contributed by atoms with Crippen LogP contribution < -0.4 is 15.4 Å². The minimum Gasteiger partial charge on any atom is -0.484 e. The van der Waals surface area contributed by atoms with E-state index in [2.05, 4.69) is 15.6 Å². The molecule has 0 spiro atoms. The average Bonchev–Trinajstić information content (AvgIpc) is 2.70. The third-order valence-electron chi connectivity index (χ3n) is 5.27. The van der Waals surface area contributed by atoms with Crippen LogP contribution in [0.15, 0.2) is 47.7 Å². The van der Waals surface area contributed by atoms with Gasteiger partial charge < -0.3 is 15.4 Å². The highest BCUT2D eigenvalue weighted by atomic mass is 16.5. The monoisotopic (exact) mass is 393 g/mol. The summed E-state index contributed by atoms with van der Waals surface area (Å²) in [6.07, 6.45) is 2.30. The summed E-state index contributed by atoms with van der Waals surface area (Å²) in [5.74, 6) is 0.367. The van der Waals surface area contributed by atoms with Crippen molar-refractivity contribution in [1.29, 1.82) is 0 Å². The number of nitrogens with zero attached hydrogens (tertiary/aromatic N) is 1. The van der Waals surface area contributed by atoms with Gasteiger partial charge in [-0.15, -0.1) is 0 Å². The first-order chi connectivity index (χ1) is 13.8. The zero-order valence-corrected chi connectivity index (χ0v) is 17.3. The number of aromatic nitrogens is 1. The van der Waals surface area contributed by atoms with Crippen LogP contribution in [0, 0.1) is 20.8 Å². The number of aryl methyl sites for hydroxylation is 3. The van der Waals surface area contributed by atoms with Crippen LogP contribution in [-0.2, 0) is 16.1 Å². The van der Waals surface area contributed by atoms with Crippen molar-refractivity contribution in [2.45, 2.75) is 46.7 Å². The fourth-order valence-electron chi connectivity index (χ4n) is 3.10. The van der Waals surface area contributed by atoms with Crippen molar-refractivity contribution in [3.8, 4) is 5.75 Å². The van der Waals surface area contributed by atoms with Gasteiger partial charge in [-0.2, -0.15) is 0 Å². The van der Waals surface area contributed by atoms with Crippen molar-refractivity contribution in [3.63, 3.8) is 0 Å². The van der Waals surface area contributed by atoms with Gasteiger partial charge in [0, 0.05) is 18.2 Å². The minimum atomic E-state index is -0.198. The van der Waals surface area contributed by atoms with Gasteiger partial charge in [0.15, 0.2) is 6.61 Å². The first-order valence-corrected chi connectivity index (χ1v) is 9.72. The smallest absolute Gasteiger partial charge is 0.258 e. The zero-order valence-electron chi connectivity index (χ0n) is 17.3. The fraction of sp³-hybridized carbons (Fsp3) is 0.348. The summed E-state index contributed by atoms with van der Waals surface area (Å²) in [5.41, 5.74) is 5.81. The van der Waals surface area contributed by atoms with E-state index >= 15 is 0 Å². The van der Waals surface area contributed by atoms with Crippen molar-refractivity contribution < 1.29 is 14.3 Å². The average molecular weight is 393 g/mol. The molecular formula is C23H27N3O3. The molecule has 1 unspecified atom stereocenters. The summed E-state index contributed by atoms with van der Waals surface area (Å²) >= 11 is 0. The van der Waals surface area contributed by atoms with Crippen LogP contribution in [0.5, 0.6) is 5.75 Å². The van der Waals surface area contributed by atoms with E-state index in [0.717, 1.165) is 28.0 Å². The molecule has 0 bridgehead atoms. The molecule has 2 N–H and O–H groups in total. The van der Waals surface area contributed by atoms with Crippen molar-refractivity contribution in [2.75, 3.05) is 6.61 Å². The standard InChI is InChI=1S/C23H27N3O3/c1-14-5-7-18(24-11-14)12-25-23(28)20-10-21(17(20)4)26-22(27)13-29-19-8-6-15(2)16(3)9-19/h5-9,11,21H,10,12-13H2,1-4H3,(H,25,28)(H,26,27). The molecule has 6 heteroatoms. The summed E-state index contributed by atoms with van der Waals surface area (Å²) in [6, 6.07) is 9.49. The summed E-state index contributed by atoms with van der Waals surface area (Å²) in [6.45, 7) is 8.22. The van der Waals surface area contributed by atoms with Crippen LogP contribution in [0.3, 0.4) is 0 Å². The molecule has 6 nitrogen and oxygen atoms in total. The first-order valence-electron chi connectivity index (χ1n) is 9.72. The van der Waals surface area contributed by atoms with Gasteiger partial charge in [0.05, 0.1) is 18.3 Å². The van der Waals surface area contributed by atoms with Gasteiger partial charge in [-0.3, -0.25) is 14.6 Å². The SMILES string of the molecule is CC1=C(C(=O)NCc2ccc(C)cn2)CC1NC(=O)COc1ccc(C)c(C)c1. The van der Waals surface area contributed by atoms with Crippen LogP contribution in [0.25, 0.3) is 0 Å². The summed E-state index contributed by atoms with van der Waals surface area (Å²) in [4.78, 5) is 28.8. The molecule has 2 amide bonds. The van der Waals surface area contributed by atoms with Crippen LogP contribution in [0.4, 0.5) is 0 Å². The normalized spacial score (nSPS) is 15.5. The lowest BCUT2D eigenvalue weighted by atomic mass is 9.83. The Bertz CT molecular complexity index is 948. The topological polar surface area (TPSA) is 80.3 Å². The quantitative estimate of drug-likeness (QED) is 0.758. The maximum Gasteiger partial charge on any atom is 0.258 e. The number of carbonyl (C=O) groups excluding carboxylic acids is 2. The number of hydrogen-bond acceptors (Lipinski definition) is 4. The number of carbonyl (C=O) groups is 2. The Morgan fingerprint density at radius 3 is 2.55 bits per heavy atom. The second-order valence-electron chi connectivity index (χ2n) is 7.53. The minimum absolute atomic E-state index is 0.0487. The fourth-order valence-corrected chi connectivity index (χ4v) is 3.10. The maximum atomic E-state index is 12.3. The number of pyridine rings is 1. The molecule has 0 radical (unpaired) electrons. The molecule has 1 heterocycles. The number of rotatable bonds is 7. The number of benzene rings is 1. The molecule has 1 aromatic heterocycles. The second-order valence-corrected chi connectivity index (χ2v) is 7.53. The van der Waals surface area contributed by atoms with Crippen LogP contribution in [-0.4, -0.2) is 29.4 Å². The summed E-state index contributed by atoms with van der Waals surface area (Å²) in [5, 5.41) is 5.80. The van der Waals surface area contributed by atoms with Crippen LogP contribution in [0.2, 0.25) is 0 Å². The Hall–Kier alpha value is -3.15. The molecular weight excluding hydrogens is 366 g/mol. The molecule has 0 saturated carbocycles. The molecule has 1 atom stereocenters. The van der Waals surface area contributed by atoms with Gasteiger partial charge in [0.2, 0.25) is 5.91 Å². The number of amides is 2. The van der Waals surface area contributed by atoms with Crippen LogP contribution in [0.1, 0.15) is 35.7 Å². The first kappa shape index (κ1) is 20.6. The molecule has 0 aliphatic heterocycles. The summed E-state index contributed by atoms with van der Waals surface area (Å²) < 4.78 is 5.56. The highest BCUT2D eigenvalue weighted by molar-refractivity contribution is 5.96. The largest absolute Gasteiger partial charge is 0.484 e. The van der Waals surface area contributed by atoms with Gasteiger partial charge >= 0.3 is 0 Å². The molecule has 1 aromatic carbocycles. The van der Waals surface area contributed by atoms with Gasteiger partial charge in [-0.05, 0) is 68.2 Å². The predicted molar refractivity (Wildman–Crippen MR) is 111 cm³/mol. The molecule has 0 fully saturated rings. The van der Waals surface area contributed by atoms with Crippen molar-refractivity contribution in [1.82, 2.24) is 15.6 Å².